The zero-order valence-corrected chi connectivity index (χ0v) is 13.6. The Kier molecular flexibility index (Phi) is 6.17. The summed E-state index contributed by atoms with van der Waals surface area (Å²) < 4.78 is 27.5. The maximum Gasteiger partial charge on any atom is 0.240 e. The third-order valence-corrected chi connectivity index (χ3v) is 4.72. The largest absolute Gasteiger partial charge is 0.329 e. The van der Waals surface area contributed by atoms with E-state index < -0.39 is 10.0 Å². The molecule has 0 bridgehead atoms. The number of hydrogen-bond acceptors (Lipinski definition) is 3. The lowest BCUT2D eigenvalue weighted by Crippen LogP contribution is -2.41. The van der Waals surface area contributed by atoms with Gasteiger partial charge >= 0.3 is 0 Å². The van der Waals surface area contributed by atoms with Crippen molar-refractivity contribution in [2.75, 3.05) is 6.54 Å². The highest BCUT2D eigenvalue weighted by molar-refractivity contribution is 7.89. The summed E-state index contributed by atoms with van der Waals surface area (Å²) in [5.74, 6) is 0.694. The third kappa shape index (κ3) is 4.89. The van der Waals surface area contributed by atoms with E-state index in [9.17, 15) is 8.42 Å². The van der Waals surface area contributed by atoms with Gasteiger partial charge in [-0.15, -0.1) is 0 Å². The number of nitrogens with one attached hydrogen (secondary N) is 1. The standard InChI is InChI=1S/C15H26N2O2S/c1-11(2)8-14(10-16)17-20(18,19)15-7-5-6-13(9-15)12(3)4/h5-7,9,11-12,14,17H,8,10,16H2,1-4H3. The van der Waals surface area contributed by atoms with Crippen molar-refractivity contribution in [3.8, 4) is 0 Å². The monoisotopic (exact) mass is 298 g/mol. The van der Waals surface area contributed by atoms with E-state index in [1.54, 1.807) is 18.2 Å². The van der Waals surface area contributed by atoms with Crippen molar-refractivity contribution in [1.29, 1.82) is 0 Å². The molecule has 1 unspecified atom stereocenters. The van der Waals surface area contributed by atoms with E-state index in [4.69, 9.17) is 5.73 Å². The summed E-state index contributed by atoms with van der Waals surface area (Å²) in [6, 6.07) is 6.86. The normalized spacial score (nSPS) is 13.9. The fourth-order valence-corrected chi connectivity index (χ4v) is 3.41. The van der Waals surface area contributed by atoms with Crippen molar-refractivity contribution >= 4 is 10.0 Å². The zero-order valence-electron chi connectivity index (χ0n) is 12.8. The van der Waals surface area contributed by atoms with Crippen molar-refractivity contribution in [2.45, 2.75) is 51.0 Å². The molecule has 0 spiro atoms. The van der Waals surface area contributed by atoms with E-state index in [0.29, 0.717) is 23.3 Å². The summed E-state index contributed by atoms with van der Waals surface area (Å²) in [6.07, 6.45) is 0.736. The topological polar surface area (TPSA) is 72.2 Å². The number of nitrogens with two attached hydrogens (primary N) is 1. The molecule has 1 atom stereocenters. The highest BCUT2D eigenvalue weighted by atomic mass is 32.2. The molecule has 3 N–H and O–H groups in total. The van der Waals surface area contributed by atoms with Crippen LogP contribution in [0.2, 0.25) is 0 Å². The lowest BCUT2D eigenvalue weighted by Gasteiger charge is -2.19. The third-order valence-electron chi connectivity index (χ3n) is 3.20. The second-order valence-electron chi connectivity index (χ2n) is 5.91. The van der Waals surface area contributed by atoms with Crippen molar-refractivity contribution in [3.05, 3.63) is 29.8 Å². The van der Waals surface area contributed by atoms with E-state index in [0.717, 1.165) is 12.0 Å². The van der Waals surface area contributed by atoms with Gasteiger partial charge in [0.25, 0.3) is 0 Å². The average Bonchev–Trinajstić information content (AvgIpc) is 2.37. The second-order valence-corrected chi connectivity index (χ2v) is 7.62. The van der Waals surface area contributed by atoms with E-state index in [-0.39, 0.29) is 6.04 Å². The molecule has 0 saturated carbocycles. The molecular weight excluding hydrogens is 272 g/mol. The van der Waals surface area contributed by atoms with Crippen LogP contribution in [0.3, 0.4) is 0 Å². The fourth-order valence-electron chi connectivity index (χ4n) is 2.09. The molecule has 0 fully saturated rings. The summed E-state index contributed by atoms with van der Waals surface area (Å²) in [5.41, 5.74) is 6.67. The lowest BCUT2D eigenvalue weighted by molar-refractivity contribution is 0.465. The summed E-state index contributed by atoms with van der Waals surface area (Å²) in [5, 5.41) is 0. The molecule has 0 aliphatic rings. The molecule has 4 nitrogen and oxygen atoms in total. The molecule has 0 aromatic heterocycles. The Hall–Kier alpha value is -0.910. The van der Waals surface area contributed by atoms with Crippen LogP contribution in [-0.4, -0.2) is 21.0 Å². The SMILES string of the molecule is CC(C)CC(CN)NS(=O)(=O)c1cccc(C(C)C)c1. The number of sulfonamides is 1. The van der Waals surface area contributed by atoms with E-state index in [1.807, 2.05) is 19.9 Å². The number of benzene rings is 1. The summed E-state index contributed by atoms with van der Waals surface area (Å²) >= 11 is 0. The highest BCUT2D eigenvalue weighted by Gasteiger charge is 2.20. The Morgan fingerprint density at radius 2 is 1.85 bits per heavy atom. The summed E-state index contributed by atoms with van der Waals surface area (Å²) in [7, 11) is -3.50. The molecule has 0 aliphatic carbocycles. The van der Waals surface area contributed by atoms with Gasteiger partial charge in [-0.3, -0.25) is 0 Å². The predicted octanol–water partition coefficient (Wildman–Crippen LogP) is 2.46. The molecule has 20 heavy (non-hydrogen) atoms. The molecule has 0 heterocycles. The first-order valence-corrected chi connectivity index (χ1v) is 8.57. The van der Waals surface area contributed by atoms with Gasteiger partial charge in [0.05, 0.1) is 4.90 Å². The first-order chi connectivity index (χ1) is 9.26. The van der Waals surface area contributed by atoms with Crippen LogP contribution < -0.4 is 10.5 Å². The average molecular weight is 298 g/mol. The van der Waals surface area contributed by atoms with Gasteiger partial charge in [-0.2, -0.15) is 0 Å². The minimum Gasteiger partial charge on any atom is -0.329 e. The Morgan fingerprint density at radius 3 is 2.35 bits per heavy atom. The van der Waals surface area contributed by atoms with Crippen molar-refractivity contribution in [1.82, 2.24) is 4.72 Å². The smallest absolute Gasteiger partial charge is 0.240 e. The maximum absolute atomic E-state index is 12.4. The first-order valence-electron chi connectivity index (χ1n) is 7.08. The second kappa shape index (κ2) is 7.20. The first kappa shape index (κ1) is 17.1. The van der Waals surface area contributed by atoms with Crippen LogP contribution in [0, 0.1) is 5.92 Å². The van der Waals surface area contributed by atoms with E-state index >= 15 is 0 Å². The van der Waals surface area contributed by atoms with Crippen LogP contribution in [-0.2, 0) is 10.0 Å². The summed E-state index contributed by atoms with van der Waals surface area (Å²) in [4.78, 5) is 0.311. The van der Waals surface area contributed by atoms with E-state index in [2.05, 4.69) is 18.6 Å². The van der Waals surface area contributed by atoms with Crippen LogP contribution in [0.15, 0.2) is 29.2 Å². The van der Waals surface area contributed by atoms with E-state index in [1.165, 1.54) is 0 Å². The molecule has 0 radical (unpaired) electrons. The van der Waals surface area contributed by atoms with Crippen molar-refractivity contribution in [3.63, 3.8) is 0 Å². The van der Waals surface area contributed by atoms with Crippen molar-refractivity contribution < 1.29 is 8.42 Å². The molecule has 1 rings (SSSR count). The molecule has 0 aliphatic heterocycles. The minimum absolute atomic E-state index is 0.220. The molecule has 5 heteroatoms. The molecule has 0 saturated heterocycles. The Morgan fingerprint density at radius 1 is 1.20 bits per heavy atom. The van der Waals surface area contributed by atoms with Crippen LogP contribution in [0.4, 0.5) is 0 Å². The van der Waals surface area contributed by atoms with Gasteiger partial charge in [0.15, 0.2) is 0 Å². The molecule has 0 amide bonds. The van der Waals surface area contributed by atoms with Gasteiger partial charge in [-0.1, -0.05) is 39.8 Å². The van der Waals surface area contributed by atoms with Crippen LogP contribution in [0.25, 0.3) is 0 Å². The molecule has 114 valence electrons. The van der Waals surface area contributed by atoms with Gasteiger partial charge in [0.1, 0.15) is 0 Å². The van der Waals surface area contributed by atoms with Gasteiger partial charge in [0.2, 0.25) is 10.0 Å². The van der Waals surface area contributed by atoms with Gasteiger partial charge in [-0.05, 0) is 36.0 Å². The molecular formula is C15H26N2O2S. The Balaban J connectivity index is 2.95. The molecule has 1 aromatic carbocycles. The molecule has 1 aromatic rings. The van der Waals surface area contributed by atoms with Gasteiger partial charge in [0, 0.05) is 12.6 Å². The zero-order chi connectivity index (χ0) is 15.3. The quantitative estimate of drug-likeness (QED) is 0.812. The number of hydrogen-bond donors (Lipinski definition) is 2. The maximum atomic E-state index is 12.4. The number of rotatable bonds is 7. The predicted molar refractivity (Wildman–Crippen MR) is 83.1 cm³/mol. The minimum atomic E-state index is -3.50. The Bertz CT molecular complexity index is 524. The van der Waals surface area contributed by atoms with Gasteiger partial charge in [-0.25, -0.2) is 13.1 Å². The van der Waals surface area contributed by atoms with Crippen LogP contribution in [0.5, 0.6) is 0 Å². The highest BCUT2D eigenvalue weighted by Crippen LogP contribution is 2.19. The van der Waals surface area contributed by atoms with Crippen LogP contribution >= 0.6 is 0 Å². The van der Waals surface area contributed by atoms with Gasteiger partial charge < -0.3 is 5.73 Å². The fraction of sp³-hybridized carbons (Fsp3) is 0.600. The Labute approximate surface area is 122 Å². The summed E-state index contributed by atoms with van der Waals surface area (Å²) in [6.45, 7) is 8.50. The van der Waals surface area contributed by atoms with Crippen molar-refractivity contribution in [2.24, 2.45) is 11.7 Å². The van der Waals surface area contributed by atoms with Crippen LogP contribution in [0.1, 0.15) is 45.6 Å². The lowest BCUT2D eigenvalue weighted by atomic mass is 10.0.